The molecular weight excluding hydrogens is 256 g/mol. The van der Waals surface area contributed by atoms with Crippen molar-refractivity contribution in [2.24, 2.45) is 0 Å². The number of nitrogens with zero attached hydrogens (tertiary/aromatic N) is 2. The first-order valence-electron chi connectivity index (χ1n) is 6.55. The summed E-state index contributed by atoms with van der Waals surface area (Å²) < 4.78 is 4.89. The lowest BCUT2D eigenvalue weighted by atomic mass is 10.2. The number of aromatic nitrogens is 2. The van der Waals surface area contributed by atoms with Gasteiger partial charge < -0.3 is 15.2 Å². The molecule has 6 heteroatoms. The molecule has 0 aliphatic carbocycles. The van der Waals surface area contributed by atoms with Crippen LogP contribution in [0.1, 0.15) is 36.5 Å². The maximum Gasteiger partial charge on any atom is 0.275 e. The van der Waals surface area contributed by atoms with Crippen LogP contribution in [0.2, 0.25) is 0 Å². The zero-order chi connectivity index (χ0) is 14.5. The Balaban J connectivity index is 2.08. The quantitative estimate of drug-likeness (QED) is 0.876. The molecule has 0 saturated carbocycles. The number of rotatable bonds is 5. The summed E-state index contributed by atoms with van der Waals surface area (Å²) in [6.45, 7) is 5.94. The highest BCUT2D eigenvalue weighted by atomic mass is 16.5. The Morgan fingerprint density at radius 2 is 2.25 bits per heavy atom. The van der Waals surface area contributed by atoms with Gasteiger partial charge in [0.15, 0.2) is 5.82 Å². The number of hydrogen-bond acceptors (Lipinski definition) is 5. The number of carbonyl (C=O) groups is 1. The fraction of sp³-hybridized carbons (Fsp3) is 0.357. The van der Waals surface area contributed by atoms with E-state index in [1.165, 1.54) is 0 Å². The van der Waals surface area contributed by atoms with E-state index in [0.29, 0.717) is 23.3 Å². The molecule has 0 radical (unpaired) electrons. The third-order valence-electron chi connectivity index (χ3n) is 2.89. The van der Waals surface area contributed by atoms with Gasteiger partial charge in [-0.2, -0.15) is 0 Å². The number of anilines is 2. The van der Waals surface area contributed by atoms with Gasteiger partial charge in [0, 0.05) is 24.0 Å². The van der Waals surface area contributed by atoms with E-state index in [4.69, 9.17) is 4.52 Å². The third kappa shape index (κ3) is 3.57. The van der Waals surface area contributed by atoms with E-state index in [1.807, 2.05) is 6.07 Å². The normalized spacial score (nSPS) is 11.9. The van der Waals surface area contributed by atoms with Crippen LogP contribution in [0.15, 0.2) is 28.9 Å². The highest BCUT2D eigenvalue weighted by Gasteiger charge is 2.11. The number of carbonyl (C=O) groups excluding carboxylic acids is 1. The molecule has 106 valence electrons. The van der Waals surface area contributed by atoms with Crippen LogP contribution in [0.5, 0.6) is 0 Å². The van der Waals surface area contributed by atoms with Crippen molar-refractivity contribution in [3.05, 3.63) is 35.9 Å². The van der Waals surface area contributed by atoms with E-state index in [-0.39, 0.29) is 5.91 Å². The molecule has 0 bridgehead atoms. The molecule has 0 aromatic carbocycles. The van der Waals surface area contributed by atoms with Crippen LogP contribution in [0, 0.1) is 6.92 Å². The number of pyridine rings is 1. The monoisotopic (exact) mass is 274 g/mol. The molecule has 20 heavy (non-hydrogen) atoms. The minimum absolute atomic E-state index is 0.314. The van der Waals surface area contributed by atoms with E-state index in [9.17, 15) is 4.79 Å². The van der Waals surface area contributed by atoms with Gasteiger partial charge in [-0.1, -0.05) is 12.1 Å². The molecule has 0 saturated heterocycles. The average Bonchev–Trinajstić information content (AvgIpc) is 2.84. The van der Waals surface area contributed by atoms with Gasteiger partial charge in [-0.25, -0.2) is 0 Å². The van der Waals surface area contributed by atoms with Gasteiger partial charge in [0.1, 0.15) is 11.5 Å². The SMILES string of the molecule is CCC(C)Nc1ccnc(C(=O)Nc2cc(C)on2)c1. The Morgan fingerprint density at radius 1 is 1.45 bits per heavy atom. The van der Waals surface area contributed by atoms with Crippen molar-refractivity contribution >= 4 is 17.4 Å². The molecule has 1 amide bonds. The Hall–Kier alpha value is -2.37. The van der Waals surface area contributed by atoms with E-state index < -0.39 is 0 Å². The van der Waals surface area contributed by atoms with Gasteiger partial charge in [-0.05, 0) is 32.4 Å². The fourth-order valence-electron chi connectivity index (χ4n) is 1.64. The van der Waals surface area contributed by atoms with E-state index in [1.54, 1.807) is 25.3 Å². The standard InChI is InChI=1S/C14H18N4O2/c1-4-9(2)16-11-5-6-15-12(8-11)14(19)17-13-7-10(3)20-18-13/h5-9H,4H2,1-3H3,(H,15,16)(H,17,18,19). The first kappa shape index (κ1) is 14.0. The smallest absolute Gasteiger partial charge is 0.275 e. The van der Waals surface area contributed by atoms with Gasteiger partial charge in [0.2, 0.25) is 0 Å². The lowest BCUT2D eigenvalue weighted by Gasteiger charge is -2.13. The molecule has 2 rings (SSSR count). The highest BCUT2D eigenvalue weighted by Crippen LogP contribution is 2.13. The van der Waals surface area contributed by atoms with Gasteiger partial charge >= 0.3 is 0 Å². The molecule has 0 aliphatic heterocycles. The molecule has 2 aromatic rings. The van der Waals surface area contributed by atoms with Gasteiger partial charge in [-0.3, -0.25) is 9.78 Å². The second-order valence-corrected chi connectivity index (χ2v) is 4.66. The van der Waals surface area contributed by atoms with Gasteiger partial charge in [0.05, 0.1) is 0 Å². The van der Waals surface area contributed by atoms with Gasteiger partial charge in [0.25, 0.3) is 5.91 Å². The number of hydrogen-bond donors (Lipinski definition) is 2. The molecule has 0 fully saturated rings. The Bertz CT molecular complexity index is 594. The van der Waals surface area contributed by atoms with Crippen LogP contribution in [0.3, 0.4) is 0 Å². The van der Waals surface area contributed by atoms with Crippen LogP contribution in [-0.4, -0.2) is 22.1 Å². The molecule has 2 heterocycles. The maximum atomic E-state index is 12.0. The molecule has 2 aromatic heterocycles. The summed E-state index contributed by atoms with van der Waals surface area (Å²) in [6.07, 6.45) is 2.61. The number of aryl methyl sites for hydroxylation is 1. The molecule has 1 atom stereocenters. The topological polar surface area (TPSA) is 80.0 Å². The molecule has 1 unspecified atom stereocenters. The average molecular weight is 274 g/mol. The fourth-order valence-corrected chi connectivity index (χ4v) is 1.64. The summed E-state index contributed by atoms with van der Waals surface area (Å²) in [6, 6.07) is 5.54. The molecular formula is C14H18N4O2. The Morgan fingerprint density at radius 3 is 2.90 bits per heavy atom. The molecule has 2 N–H and O–H groups in total. The van der Waals surface area contributed by atoms with E-state index in [2.05, 4.69) is 34.6 Å². The van der Waals surface area contributed by atoms with Crippen LogP contribution >= 0.6 is 0 Å². The second-order valence-electron chi connectivity index (χ2n) is 4.66. The van der Waals surface area contributed by atoms with Crippen molar-refractivity contribution in [2.75, 3.05) is 10.6 Å². The van der Waals surface area contributed by atoms with Crippen molar-refractivity contribution in [3.63, 3.8) is 0 Å². The number of nitrogens with one attached hydrogen (secondary N) is 2. The summed E-state index contributed by atoms with van der Waals surface area (Å²) in [4.78, 5) is 16.1. The van der Waals surface area contributed by atoms with Crippen molar-refractivity contribution in [2.45, 2.75) is 33.2 Å². The van der Waals surface area contributed by atoms with Crippen molar-refractivity contribution in [1.82, 2.24) is 10.1 Å². The zero-order valence-corrected chi connectivity index (χ0v) is 11.8. The Labute approximate surface area is 117 Å². The van der Waals surface area contributed by atoms with Crippen LogP contribution in [-0.2, 0) is 0 Å². The summed E-state index contributed by atoms with van der Waals surface area (Å²) in [7, 11) is 0. The largest absolute Gasteiger partial charge is 0.382 e. The summed E-state index contributed by atoms with van der Waals surface area (Å²) in [5, 5.41) is 9.66. The molecule has 6 nitrogen and oxygen atoms in total. The van der Waals surface area contributed by atoms with Crippen LogP contribution in [0.25, 0.3) is 0 Å². The van der Waals surface area contributed by atoms with Crippen molar-refractivity contribution in [1.29, 1.82) is 0 Å². The third-order valence-corrected chi connectivity index (χ3v) is 2.89. The predicted octanol–water partition coefficient (Wildman–Crippen LogP) is 2.84. The number of amides is 1. The zero-order valence-electron chi connectivity index (χ0n) is 11.8. The van der Waals surface area contributed by atoms with Crippen molar-refractivity contribution < 1.29 is 9.32 Å². The summed E-state index contributed by atoms with van der Waals surface area (Å²) >= 11 is 0. The first-order valence-corrected chi connectivity index (χ1v) is 6.55. The van der Waals surface area contributed by atoms with Gasteiger partial charge in [-0.15, -0.1) is 0 Å². The molecule has 0 aliphatic rings. The van der Waals surface area contributed by atoms with E-state index in [0.717, 1.165) is 12.1 Å². The highest BCUT2D eigenvalue weighted by molar-refractivity contribution is 6.02. The molecule has 0 spiro atoms. The van der Waals surface area contributed by atoms with Crippen LogP contribution < -0.4 is 10.6 Å². The lowest BCUT2D eigenvalue weighted by molar-refractivity contribution is 0.102. The van der Waals surface area contributed by atoms with Crippen LogP contribution in [0.4, 0.5) is 11.5 Å². The summed E-state index contributed by atoms with van der Waals surface area (Å²) in [5.74, 6) is 0.709. The maximum absolute atomic E-state index is 12.0. The predicted molar refractivity (Wildman–Crippen MR) is 76.8 cm³/mol. The first-order chi connectivity index (χ1) is 9.58. The minimum atomic E-state index is -0.314. The minimum Gasteiger partial charge on any atom is -0.382 e. The summed E-state index contributed by atoms with van der Waals surface area (Å²) in [5.41, 5.74) is 1.20. The van der Waals surface area contributed by atoms with Crippen molar-refractivity contribution in [3.8, 4) is 0 Å². The lowest BCUT2D eigenvalue weighted by Crippen LogP contribution is -2.16. The van der Waals surface area contributed by atoms with E-state index >= 15 is 0 Å². The second kappa shape index (κ2) is 6.18. The Kier molecular flexibility index (Phi) is 4.34.